The number of nitrogens with one attached hydrogen (secondary N) is 1. The second kappa shape index (κ2) is 8.20. The second-order valence-corrected chi connectivity index (χ2v) is 6.49. The third-order valence-electron chi connectivity index (χ3n) is 4.20. The Morgan fingerprint density at radius 3 is 2.85 bits per heavy atom. The first-order valence-electron chi connectivity index (χ1n) is 8.32. The number of fused-ring (bicyclic) bond motifs is 1. The van der Waals surface area contributed by atoms with Gasteiger partial charge in [-0.25, -0.2) is 10.4 Å². The number of hydrazone groups is 1. The molecule has 0 radical (unpaired) electrons. The van der Waals surface area contributed by atoms with Gasteiger partial charge in [0.25, 0.3) is 11.6 Å². The van der Waals surface area contributed by atoms with Gasteiger partial charge in [0.1, 0.15) is 5.15 Å². The number of benzene rings is 1. The number of carbonyl (C=O) groups excluding carboxylic acids is 1. The maximum absolute atomic E-state index is 11.9. The van der Waals surface area contributed by atoms with Gasteiger partial charge in [-0.15, -0.1) is 0 Å². The summed E-state index contributed by atoms with van der Waals surface area (Å²) in [7, 11) is 0. The van der Waals surface area contributed by atoms with Crippen LogP contribution in [0, 0.1) is 10.1 Å². The normalized spacial score (nSPS) is 15.4. The van der Waals surface area contributed by atoms with Crippen LogP contribution in [0.15, 0.2) is 29.4 Å². The van der Waals surface area contributed by atoms with Crippen LogP contribution >= 0.6 is 11.6 Å². The lowest BCUT2D eigenvalue weighted by Crippen LogP contribution is -2.38. The molecule has 0 unspecified atom stereocenters. The number of amides is 1. The Morgan fingerprint density at radius 2 is 2.12 bits per heavy atom. The van der Waals surface area contributed by atoms with Crippen molar-refractivity contribution in [1.82, 2.24) is 15.3 Å². The van der Waals surface area contributed by atoms with E-state index in [2.05, 4.69) is 20.4 Å². The number of carbonyl (C=O) groups is 1. The first-order chi connectivity index (χ1) is 12.5. The molecule has 136 valence electrons. The van der Waals surface area contributed by atoms with Crippen molar-refractivity contribution in [2.24, 2.45) is 5.10 Å². The van der Waals surface area contributed by atoms with Crippen LogP contribution < -0.4 is 5.43 Å². The van der Waals surface area contributed by atoms with Crippen molar-refractivity contribution in [1.29, 1.82) is 0 Å². The Hall–Kier alpha value is -2.58. The number of hydrogen-bond donors (Lipinski definition) is 1. The Labute approximate surface area is 155 Å². The minimum atomic E-state index is -0.470. The minimum absolute atomic E-state index is 0.0284. The van der Waals surface area contributed by atoms with Gasteiger partial charge in [0.2, 0.25) is 0 Å². The van der Waals surface area contributed by atoms with E-state index in [0.29, 0.717) is 23.0 Å². The summed E-state index contributed by atoms with van der Waals surface area (Å²) in [5, 5.41) is 15.6. The van der Waals surface area contributed by atoms with E-state index in [1.165, 1.54) is 24.8 Å². The molecule has 1 N–H and O–H groups in total. The molecule has 1 saturated heterocycles. The summed E-state index contributed by atoms with van der Waals surface area (Å²) < 4.78 is 0. The van der Waals surface area contributed by atoms with E-state index in [1.807, 2.05) is 0 Å². The van der Waals surface area contributed by atoms with Crippen molar-refractivity contribution in [2.45, 2.75) is 19.3 Å². The van der Waals surface area contributed by atoms with E-state index in [1.54, 1.807) is 12.1 Å². The van der Waals surface area contributed by atoms with E-state index < -0.39 is 4.92 Å². The lowest BCUT2D eigenvalue weighted by molar-refractivity contribution is -0.384. The first kappa shape index (κ1) is 18.2. The van der Waals surface area contributed by atoms with E-state index in [9.17, 15) is 14.9 Å². The summed E-state index contributed by atoms with van der Waals surface area (Å²) in [6, 6.07) is 5.99. The molecule has 0 atom stereocenters. The highest BCUT2D eigenvalue weighted by atomic mass is 35.5. The summed E-state index contributed by atoms with van der Waals surface area (Å²) in [6.07, 6.45) is 4.83. The third kappa shape index (κ3) is 4.53. The van der Waals surface area contributed by atoms with E-state index in [-0.39, 0.29) is 16.7 Å². The molecule has 1 aromatic carbocycles. The minimum Gasteiger partial charge on any atom is -0.294 e. The quantitative estimate of drug-likeness (QED) is 0.375. The number of pyridine rings is 1. The summed E-state index contributed by atoms with van der Waals surface area (Å²) >= 11 is 6.12. The molecule has 1 amide bonds. The number of non-ortho nitro benzene ring substituents is 1. The molecular formula is C17H18ClN5O3. The summed E-state index contributed by atoms with van der Waals surface area (Å²) in [5.41, 5.74) is 3.47. The average molecular weight is 376 g/mol. The van der Waals surface area contributed by atoms with E-state index in [0.717, 1.165) is 25.9 Å². The highest BCUT2D eigenvalue weighted by Gasteiger charge is 2.13. The smallest absolute Gasteiger partial charge is 0.270 e. The summed E-state index contributed by atoms with van der Waals surface area (Å²) in [4.78, 5) is 28.6. The number of likely N-dealkylation sites (tertiary alicyclic amines) is 1. The Bertz CT molecular complexity index is 865. The van der Waals surface area contributed by atoms with Gasteiger partial charge >= 0.3 is 0 Å². The molecule has 2 aromatic rings. The SMILES string of the molecule is O=C(CN1CCCCC1)N/N=C\c1cc2cc([N+](=O)[O-])ccc2nc1Cl. The fourth-order valence-corrected chi connectivity index (χ4v) is 3.08. The van der Waals surface area contributed by atoms with Gasteiger partial charge in [-0.1, -0.05) is 18.0 Å². The Balaban J connectivity index is 1.68. The largest absolute Gasteiger partial charge is 0.294 e. The first-order valence-corrected chi connectivity index (χ1v) is 8.70. The highest BCUT2D eigenvalue weighted by molar-refractivity contribution is 6.32. The number of piperidine rings is 1. The molecule has 9 heteroatoms. The number of rotatable bonds is 5. The topological polar surface area (TPSA) is 101 Å². The number of nitro benzene ring substituents is 1. The summed E-state index contributed by atoms with van der Waals surface area (Å²) in [5.74, 6) is -0.191. The molecule has 0 bridgehead atoms. The van der Waals surface area contributed by atoms with Gasteiger partial charge in [-0.2, -0.15) is 5.10 Å². The molecule has 0 spiro atoms. The molecular weight excluding hydrogens is 358 g/mol. The van der Waals surface area contributed by atoms with Gasteiger partial charge in [0, 0.05) is 23.1 Å². The average Bonchev–Trinajstić information content (AvgIpc) is 2.62. The third-order valence-corrected chi connectivity index (χ3v) is 4.50. The van der Waals surface area contributed by atoms with Gasteiger partial charge in [-0.05, 0) is 38.1 Å². The van der Waals surface area contributed by atoms with Gasteiger partial charge in [0.05, 0.1) is 23.2 Å². The van der Waals surface area contributed by atoms with Crippen LogP contribution in [0.2, 0.25) is 5.15 Å². The zero-order chi connectivity index (χ0) is 18.5. The fourth-order valence-electron chi connectivity index (χ4n) is 2.89. The van der Waals surface area contributed by atoms with Crippen molar-refractivity contribution >= 4 is 40.3 Å². The molecule has 1 fully saturated rings. The van der Waals surface area contributed by atoms with Crippen LogP contribution in [0.5, 0.6) is 0 Å². The van der Waals surface area contributed by atoms with Crippen molar-refractivity contribution in [3.63, 3.8) is 0 Å². The molecule has 3 rings (SSSR count). The molecule has 2 heterocycles. The van der Waals surface area contributed by atoms with Crippen molar-refractivity contribution in [3.8, 4) is 0 Å². The van der Waals surface area contributed by atoms with Gasteiger partial charge < -0.3 is 0 Å². The predicted octanol–water partition coefficient (Wildman–Crippen LogP) is 2.73. The van der Waals surface area contributed by atoms with Crippen molar-refractivity contribution in [2.75, 3.05) is 19.6 Å². The fraction of sp³-hybridized carbons (Fsp3) is 0.353. The van der Waals surface area contributed by atoms with Gasteiger partial charge in [-0.3, -0.25) is 19.8 Å². The highest BCUT2D eigenvalue weighted by Crippen LogP contribution is 2.23. The van der Waals surface area contributed by atoms with Crippen LogP contribution in [0.3, 0.4) is 0 Å². The molecule has 8 nitrogen and oxygen atoms in total. The number of nitro groups is 1. The number of hydrogen-bond acceptors (Lipinski definition) is 6. The van der Waals surface area contributed by atoms with Crippen LogP contribution in [0.1, 0.15) is 24.8 Å². The maximum Gasteiger partial charge on any atom is 0.270 e. The standard InChI is InChI=1S/C17H18ClN5O3/c18-17-13(8-12-9-14(23(25)26)4-5-15(12)20-17)10-19-21-16(24)11-22-6-2-1-3-7-22/h4-5,8-10H,1-3,6-7,11H2,(H,21,24)/b19-10-. The Kier molecular flexibility index (Phi) is 5.75. The molecule has 1 aliphatic rings. The number of aromatic nitrogens is 1. The van der Waals surface area contributed by atoms with Crippen LogP contribution in [-0.4, -0.2) is 46.6 Å². The molecule has 0 aliphatic carbocycles. The number of nitrogens with zero attached hydrogens (tertiary/aromatic N) is 4. The Morgan fingerprint density at radius 1 is 1.35 bits per heavy atom. The van der Waals surface area contributed by atoms with E-state index in [4.69, 9.17) is 11.6 Å². The zero-order valence-corrected chi connectivity index (χ0v) is 14.8. The van der Waals surface area contributed by atoms with Gasteiger partial charge in [0.15, 0.2) is 0 Å². The molecule has 26 heavy (non-hydrogen) atoms. The number of halogens is 1. The van der Waals surface area contributed by atoms with E-state index >= 15 is 0 Å². The molecule has 1 aliphatic heterocycles. The van der Waals surface area contributed by atoms with Crippen molar-refractivity contribution in [3.05, 3.63) is 45.1 Å². The van der Waals surface area contributed by atoms with Crippen LogP contribution in [0.25, 0.3) is 10.9 Å². The zero-order valence-electron chi connectivity index (χ0n) is 14.0. The van der Waals surface area contributed by atoms with Crippen molar-refractivity contribution < 1.29 is 9.72 Å². The van der Waals surface area contributed by atoms with Crippen LogP contribution in [-0.2, 0) is 4.79 Å². The maximum atomic E-state index is 11.9. The monoisotopic (exact) mass is 375 g/mol. The second-order valence-electron chi connectivity index (χ2n) is 6.13. The molecule has 1 aromatic heterocycles. The predicted molar refractivity (Wildman–Crippen MR) is 99.4 cm³/mol. The van der Waals surface area contributed by atoms with Crippen LogP contribution in [0.4, 0.5) is 5.69 Å². The summed E-state index contributed by atoms with van der Waals surface area (Å²) in [6.45, 7) is 2.17. The lowest BCUT2D eigenvalue weighted by Gasteiger charge is -2.25. The molecule has 0 saturated carbocycles. The lowest BCUT2D eigenvalue weighted by atomic mass is 10.1.